The van der Waals surface area contributed by atoms with Crippen LogP contribution in [0.4, 0.5) is 11.8 Å². The number of nitrogens with one attached hydrogen (secondary N) is 1. The van der Waals surface area contributed by atoms with Crippen LogP contribution in [0.5, 0.6) is 0 Å². The number of rotatable bonds is 6. The van der Waals surface area contributed by atoms with Gasteiger partial charge in [0.05, 0.1) is 25.0 Å². The van der Waals surface area contributed by atoms with Gasteiger partial charge in [-0.05, 0) is 38.7 Å². The number of ether oxygens (including phenoxy) is 2. The molecule has 1 aliphatic heterocycles. The van der Waals surface area contributed by atoms with Crippen molar-refractivity contribution in [3.63, 3.8) is 0 Å². The maximum atomic E-state index is 5.97. The molecular formula is C19H27N5O3. The van der Waals surface area contributed by atoms with Crippen LogP contribution >= 0.6 is 0 Å². The first-order chi connectivity index (χ1) is 13.3. The highest BCUT2D eigenvalue weighted by atomic mass is 16.5. The van der Waals surface area contributed by atoms with Gasteiger partial charge in [0.1, 0.15) is 12.4 Å². The van der Waals surface area contributed by atoms with E-state index in [2.05, 4.69) is 25.3 Å². The summed E-state index contributed by atoms with van der Waals surface area (Å²) in [6, 6.07) is 4.29. The Bertz CT molecular complexity index is 724. The Morgan fingerprint density at radius 3 is 2.78 bits per heavy atom. The molecule has 0 bridgehead atoms. The number of morpholine rings is 1. The Morgan fingerprint density at radius 1 is 1.22 bits per heavy atom. The molecular weight excluding hydrogens is 346 g/mol. The third kappa shape index (κ3) is 4.95. The third-order valence-electron chi connectivity index (χ3n) is 5.10. The van der Waals surface area contributed by atoms with Crippen LogP contribution in [-0.2, 0) is 16.1 Å². The largest absolute Gasteiger partial charge is 0.378 e. The highest BCUT2D eigenvalue weighted by molar-refractivity contribution is 5.42. The van der Waals surface area contributed by atoms with Crippen molar-refractivity contribution in [2.45, 2.75) is 51.4 Å². The standard InChI is InChI=1S/C19H27N5O3/c1-14-12-17(27-23-14)13-26-16-4-2-15(3-5-16)21-18-6-7-20-19(22-18)24-8-10-25-11-9-24/h6-7,12,15-16H,2-5,8-11,13H2,1H3,(H,20,21,22). The average molecular weight is 373 g/mol. The van der Waals surface area contributed by atoms with Crippen LogP contribution in [0.2, 0.25) is 0 Å². The molecule has 0 spiro atoms. The molecule has 0 amide bonds. The van der Waals surface area contributed by atoms with Crippen molar-refractivity contribution in [2.24, 2.45) is 0 Å². The maximum Gasteiger partial charge on any atom is 0.227 e. The molecule has 0 aromatic carbocycles. The van der Waals surface area contributed by atoms with Gasteiger partial charge in [-0.25, -0.2) is 4.98 Å². The lowest BCUT2D eigenvalue weighted by atomic mass is 9.93. The molecule has 1 saturated heterocycles. The van der Waals surface area contributed by atoms with Crippen LogP contribution in [0.1, 0.15) is 37.1 Å². The first-order valence-corrected chi connectivity index (χ1v) is 9.72. The lowest BCUT2D eigenvalue weighted by Gasteiger charge is -2.30. The van der Waals surface area contributed by atoms with Crippen LogP contribution < -0.4 is 10.2 Å². The fourth-order valence-corrected chi connectivity index (χ4v) is 3.61. The van der Waals surface area contributed by atoms with Crippen molar-refractivity contribution in [3.8, 4) is 0 Å². The normalized spacial score (nSPS) is 23.4. The van der Waals surface area contributed by atoms with E-state index < -0.39 is 0 Å². The molecule has 8 heteroatoms. The first-order valence-electron chi connectivity index (χ1n) is 9.72. The van der Waals surface area contributed by atoms with Gasteiger partial charge in [-0.3, -0.25) is 0 Å². The van der Waals surface area contributed by atoms with Crippen molar-refractivity contribution in [3.05, 3.63) is 29.8 Å². The molecule has 2 aromatic rings. The van der Waals surface area contributed by atoms with Gasteiger partial charge >= 0.3 is 0 Å². The summed E-state index contributed by atoms with van der Waals surface area (Å²) in [5, 5.41) is 7.46. The zero-order chi connectivity index (χ0) is 18.5. The van der Waals surface area contributed by atoms with E-state index in [0.29, 0.717) is 12.6 Å². The molecule has 2 fully saturated rings. The summed E-state index contributed by atoms with van der Waals surface area (Å²) in [6.45, 7) is 5.57. The maximum absolute atomic E-state index is 5.97. The minimum atomic E-state index is 0.280. The summed E-state index contributed by atoms with van der Waals surface area (Å²) >= 11 is 0. The second-order valence-corrected chi connectivity index (χ2v) is 7.20. The molecule has 27 heavy (non-hydrogen) atoms. The van der Waals surface area contributed by atoms with E-state index in [0.717, 1.165) is 75.2 Å². The summed E-state index contributed by atoms with van der Waals surface area (Å²) in [6.07, 6.45) is 6.31. The summed E-state index contributed by atoms with van der Waals surface area (Å²) in [5.41, 5.74) is 0.891. The predicted molar refractivity (Wildman–Crippen MR) is 101 cm³/mol. The molecule has 4 rings (SSSR count). The number of hydrogen-bond donors (Lipinski definition) is 1. The van der Waals surface area contributed by atoms with E-state index in [-0.39, 0.29) is 6.10 Å². The van der Waals surface area contributed by atoms with Crippen LogP contribution in [0.3, 0.4) is 0 Å². The van der Waals surface area contributed by atoms with E-state index >= 15 is 0 Å². The van der Waals surface area contributed by atoms with Gasteiger partial charge in [-0.15, -0.1) is 0 Å². The van der Waals surface area contributed by atoms with Gasteiger partial charge in [-0.2, -0.15) is 4.98 Å². The predicted octanol–water partition coefficient (Wildman–Crippen LogP) is 2.55. The monoisotopic (exact) mass is 373 g/mol. The summed E-state index contributed by atoms with van der Waals surface area (Å²) in [5.74, 6) is 2.47. The van der Waals surface area contributed by atoms with Crippen molar-refractivity contribution < 1.29 is 14.0 Å². The highest BCUT2D eigenvalue weighted by Crippen LogP contribution is 2.25. The summed E-state index contributed by atoms with van der Waals surface area (Å²) in [7, 11) is 0. The SMILES string of the molecule is Cc1cc(COC2CCC(Nc3ccnc(N4CCOCC4)n3)CC2)on1. The number of anilines is 2. The molecule has 0 radical (unpaired) electrons. The molecule has 2 aromatic heterocycles. The van der Waals surface area contributed by atoms with Gasteiger partial charge in [-0.1, -0.05) is 5.16 Å². The number of aryl methyl sites for hydroxylation is 1. The van der Waals surface area contributed by atoms with E-state index in [1.165, 1.54) is 0 Å². The van der Waals surface area contributed by atoms with E-state index in [1.807, 2.05) is 25.3 Å². The van der Waals surface area contributed by atoms with Crippen LogP contribution in [0.25, 0.3) is 0 Å². The first kappa shape index (κ1) is 18.2. The fourth-order valence-electron chi connectivity index (χ4n) is 3.61. The Balaban J connectivity index is 1.24. The molecule has 1 saturated carbocycles. The minimum absolute atomic E-state index is 0.280. The molecule has 0 unspecified atom stereocenters. The van der Waals surface area contributed by atoms with Gasteiger partial charge in [0, 0.05) is 31.4 Å². The van der Waals surface area contributed by atoms with Crippen molar-refractivity contribution in [2.75, 3.05) is 36.5 Å². The smallest absolute Gasteiger partial charge is 0.227 e. The van der Waals surface area contributed by atoms with E-state index in [1.54, 1.807) is 0 Å². The van der Waals surface area contributed by atoms with E-state index in [4.69, 9.17) is 14.0 Å². The molecule has 146 valence electrons. The number of hydrogen-bond acceptors (Lipinski definition) is 8. The average Bonchev–Trinajstić information content (AvgIpc) is 3.14. The molecule has 2 aliphatic rings. The zero-order valence-corrected chi connectivity index (χ0v) is 15.8. The Labute approximate surface area is 159 Å². The van der Waals surface area contributed by atoms with Gasteiger partial charge < -0.3 is 24.2 Å². The van der Waals surface area contributed by atoms with E-state index in [9.17, 15) is 0 Å². The van der Waals surface area contributed by atoms with Crippen molar-refractivity contribution in [1.29, 1.82) is 0 Å². The Kier molecular flexibility index (Phi) is 5.84. The quantitative estimate of drug-likeness (QED) is 0.827. The molecule has 1 aliphatic carbocycles. The Morgan fingerprint density at radius 2 is 2.04 bits per heavy atom. The summed E-state index contributed by atoms with van der Waals surface area (Å²) < 4.78 is 16.6. The third-order valence-corrected chi connectivity index (χ3v) is 5.10. The molecule has 8 nitrogen and oxygen atoms in total. The summed E-state index contributed by atoms with van der Waals surface area (Å²) in [4.78, 5) is 11.3. The number of nitrogens with zero attached hydrogens (tertiary/aromatic N) is 4. The second-order valence-electron chi connectivity index (χ2n) is 7.20. The topological polar surface area (TPSA) is 85.5 Å². The van der Waals surface area contributed by atoms with Crippen molar-refractivity contribution >= 4 is 11.8 Å². The molecule has 0 atom stereocenters. The van der Waals surface area contributed by atoms with Gasteiger partial charge in [0.2, 0.25) is 5.95 Å². The van der Waals surface area contributed by atoms with Gasteiger partial charge in [0.15, 0.2) is 5.76 Å². The molecule has 3 heterocycles. The number of aromatic nitrogens is 3. The van der Waals surface area contributed by atoms with Crippen molar-refractivity contribution in [1.82, 2.24) is 15.1 Å². The van der Waals surface area contributed by atoms with Crippen LogP contribution in [0, 0.1) is 6.92 Å². The van der Waals surface area contributed by atoms with Gasteiger partial charge in [0.25, 0.3) is 0 Å². The highest BCUT2D eigenvalue weighted by Gasteiger charge is 2.23. The van der Waals surface area contributed by atoms with Crippen LogP contribution in [-0.4, -0.2) is 53.6 Å². The Hall–Kier alpha value is -2.19. The zero-order valence-electron chi connectivity index (χ0n) is 15.8. The lowest BCUT2D eigenvalue weighted by molar-refractivity contribution is 0.00496. The fraction of sp³-hybridized carbons (Fsp3) is 0.632. The molecule has 1 N–H and O–H groups in total. The van der Waals surface area contributed by atoms with Crippen LogP contribution in [0.15, 0.2) is 22.9 Å². The minimum Gasteiger partial charge on any atom is -0.378 e. The second kappa shape index (κ2) is 8.67. The lowest BCUT2D eigenvalue weighted by Crippen LogP contribution is -2.37.